The van der Waals surface area contributed by atoms with Crippen LogP contribution >= 0.6 is 11.6 Å². The van der Waals surface area contributed by atoms with Crippen LogP contribution in [0.3, 0.4) is 0 Å². The van der Waals surface area contributed by atoms with Crippen molar-refractivity contribution in [3.8, 4) is 6.07 Å². The van der Waals surface area contributed by atoms with E-state index in [1.54, 1.807) is 19.2 Å². The molecule has 0 heterocycles. The average Bonchev–Trinajstić information content (AvgIpc) is 2.31. The molecule has 0 saturated carbocycles. The van der Waals surface area contributed by atoms with Crippen LogP contribution in [0.15, 0.2) is 18.2 Å². The lowest BCUT2D eigenvalue weighted by Gasteiger charge is -2.23. The van der Waals surface area contributed by atoms with E-state index in [1.165, 1.54) is 0 Å². The second kappa shape index (κ2) is 6.37. The van der Waals surface area contributed by atoms with Gasteiger partial charge in [0, 0.05) is 20.2 Å². The summed E-state index contributed by atoms with van der Waals surface area (Å²) in [5.74, 6) is 0. The van der Waals surface area contributed by atoms with Crippen molar-refractivity contribution < 1.29 is 4.74 Å². The van der Waals surface area contributed by atoms with E-state index < -0.39 is 0 Å². The molecule has 0 amide bonds. The van der Waals surface area contributed by atoms with Gasteiger partial charge < -0.3 is 9.64 Å². The quantitative estimate of drug-likeness (QED) is 0.791. The highest BCUT2D eigenvalue weighted by Crippen LogP contribution is 2.26. The average molecular weight is 239 g/mol. The summed E-state index contributed by atoms with van der Waals surface area (Å²) in [6.45, 7) is 4.36. The molecule has 1 aromatic rings. The van der Waals surface area contributed by atoms with E-state index in [0.717, 1.165) is 18.8 Å². The van der Waals surface area contributed by atoms with Gasteiger partial charge in [-0.05, 0) is 25.1 Å². The number of anilines is 1. The number of methoxy groups -OCH3 is 1. The Balaban J connectivity index is 2.89. The maximum Gasteiger partial charge on any atom is 0.0992 e. The smallest absolute Gasteiger partial charge is 0.0992 e. The van der Waals surface area contributed by atoms with Crippen LogP contribution in [0.2, 0.25) is 5.02 Å². The zero-order valence-corrected chi connectivity index (χ0v) is 10.3. The molecule has 0 atom stereocenters. The molecule has 0 saturated heterocycles. The van der Waals surface area contributed by atoms with Crippen molar-refractivity contribution in [1.29, 1.82) is 5.26 Å². The molecule has 1 rings (SSSR count). The third-order valence-electron chi connectivity index (χ3n) is 2.36. The number of benzene rings is 1. The normalized spacial score (nSPS) is 9.88. The Morgan fingerprint density at radius 3 is 2.75 bits per heavy atom. The second-order valence-corrected chi connectivity index (χ2v) is 3.76. The summed E-state index contributed by atoms with van der Waals surface area (Å²) < 4.78 is 5.04. The molecule has 0 radical (unpaired) electrons. The first-order valence-corrected chi connectivity index (χ1v) is 5.54. The fourth-order valence-electron chi connectivity index (χ4n) is 1.48. The highest BCUT2D eigenvalue weighted by molar-refractivity contribution is 6.33. The summed E-state index contributed by atoms with van der Waals surface area (Å²) in [4.78, 5) is 2.12. The molecule has 86 valence electrons. The first-order chi connectivity index (χ1) is 7.72. The predicted octanol–water partition coefficient (Wildman–Crippen LogP) is 2.68. The van der Waals surface area contributed by atoms with Crippen LogP contribution in [-0.4, -0.2) is 26.8 Å². The lowest BCUT2D eigenvalue weighted by Crippen LogP contribution is -2.27. The summed E-state index contributed by atoms with van der Waals surface area (Å²) in [5, 5.41) is 9.36. The number of nitrogens with zero attached hydrogens (tertiary/aromatic N) is 2. The molecule has 0 fully saturated rings. The first kappa shape index (κ1) is 12.8. The minimum atomic E-state index is 0.580. The van der Waals surface area contributed by atoms with Gasteiger partial charge in [0.2, 0.25) is 0 Å². The van der Waals surface area contributed by atoms with Crippen LogP contribution in [-0.2, 0) is 4.74 Å². The number of hydrogen-bond acceptors (Lipinski definition) is 3. The Morgan fingerprint density at radius 1 is 1.50 bits per heavy atom. The monoisotopic (exact) mass is 238 g/mol. The van der Waals surface area contributed by atoms with Crippen molar-refractivity contribution in [2.24, 2.45) is 0 Å². The highest BCUT2D eigenvalue weighted by Gasteiger charge is 2.08. The van der Waals surface area contributed by atoms with Gasteiger partial charge in [-0.2, -0.15) is 5.26 Å². The van der Waals surface area contributed by atoms with Crippen LogP contribution < -0.4 is 4.90 Å². The SMILES string of the molecule is CCN(CCOC)c1ccc(C#N)cc1Cl. The molecule has 0 aliphatic heterocycles. The molecule has 4 heteroatoms. The number of hydrogen-bond donors (Lipinski definition) is 0. The van der Waals surface area contributed by atoms with E-state index in [-0.39, 0.29) is 0 Å². The topological polar surface area (TPSA) is 36.3 Å². The fourth-order valence-corrected chi connectivity index (χ4v) is 1.78. The minimum absolute atomic E-state index is 0.580. The van der Waals surface area contributed by atoms with Crippen molar-refractivity contribution in [2.75, 3.05) is 31.7 Å². The van der Waals surface area contributed by atoms with Gasteiger partial charge in [-0.25, -0.2) is 0 Å². The van der Waals surface area contributed by atoms with Gasteiger partial charge in [-0.3, -0.25) is 0 Å². The molecular formula is C12H15ClN2O. The van der Waals surface area contributed by atoms with E-state index in [4.69, 9.17) is 21.6 Å². The molecule has 0 aliphatic carbocycles. The molecule has 1 aromatic carbocycles. The molecule has 0 N–H and O–H groups in total. The number of likely N-dealkylation sites (N-methyl/N-ethyl adjacent to an activating group) is 1. The maximum absolute atomic E-state index is 8.75. The standard InChI is InChI=1S/C12H15ClN2O/c1-3-15(6-7-16-2)12-5-4-10(9-14)8-11(12)13/h4-5,8H,3,6-7H2,1-2H3. The van der Waals surface area contributed by atoms with Crippen LogP contribution in [0.5, 0.6) is 0 Å². The molecule has 0 bridgehead atoms. The third-order valence-corrected chi connectivity index (χ3v) is 2.67. The van der Waals surface area contributed by atoms with Gasteiger partial charge in [0.1, 0.15) is 0 Å². The molecule has 0 aliphatic rings. The third kappa shape index (κ3) is 3.13. The second-order valence-electron chi connectivity index (χ2n) is 3.35. The zero-order chi connectivity index (χ0) is 12.0. The Bertz CT molecular complexity index is 387. The number of ether oxygens (including phenoxy) is 1. The lowest BCUT2D eigenvalue weighted by molar-refractivity contribution is 0.205. The van der Waals surface area contributed by atoms with E-state index in [0.29, 0.717) is 17.2 Å². The van der Waals surface area contributed by atoms with Gasteiger partial charge in [-0.15, -0.1) is 0 Å². The summed E-state index contributed by atoms with van der Waals surface area (Å²) >= 11 is 6.13. The zero-order valence-electron chi connectivity index (χ0n) is 9.53. The molecule has 3 nitrogen and oxygen atoms in total. The summed E-state index contributed by atoms with van der Waals surface area (Å²) in [6.07, 6.45) is 0. The van der Waals surface area contributed by atoms with E-state index in [1.807, 2.05) is 6.07 Å². The Labute approximate surface area is 101 Å². The van der Waals surface area contributed by atoms with E-state index >= 15 is 0 Å². The van der Waals surface area contributed by atoms with Crippen molar-refractivity contribution in [3.63, 3.8) is 0 Å². The van der Waals surface area contributed by atoms with Gasteiger partial charge in [0.15, 0.2) is 0 Å². The summed E-state index contributed by atoms with van der Waals surface area (Å²) in [5.41, 5.74) is 1.52. The Kier molecular flexibility index (Phi) is 5.10. The highest BCUT2D eigenvalue weighted by atomic mass is 35.5. The van der Waals surface area contributed by atoms with Crippen LogP contribution in [0.1, 0.15) is 12.5 Å². The Morgan fingerprint density at radius 2 is 2.25 bits per heavy atom. The van der Waals surface area contributed by atoms with Crippen LogP contribution in [0.25, 0.3) is 0 Å². The number of halogens is 1. The first-order valence-electron chi connectivity index (χ1n) is 5.16. The van der Waals surface area contributed by atoms with Gasteiger partial charge in [0.05, 0.1) is 28.9 Å². The number of rotatable bonds is 5. The fraction of sp³-hybridized carbons (Fsp3) is 0.417. The molecular weight excluding hydrogens is 224 g/mol. The largest absolute Gasteiger partial charge is 0.383 e. The van der Waals surface area contributed by atoms with Gasteiger partial charge in [0.25, 0.3) is 0 Å². The summed E-state index contributed by atoms with van der Waals surface area (Å²) in [7, 11) is 1.67. The van der Waals surface area contributed by atoms with Crippen LogP contribution in [0, 0.1) is 11.3 Å². The summed E-state index contributed by atoms with van der Waals surface area (Å²) in [6, 6.07) is 7.40. The predicted molar refractivity (Wildman–Crippen MR) is 65.9 cm³/mol. The van der Waals surface area contributed by atoms with Crippen LogP contribution in [0.4, 0.5) is 5.69 Å². The molecule has 16 heavy (non-hydrogen) atoms. The van der Waals surface area contributed by atoms with Crippen molar-refractivity contribution in [3.05, 3.63) is 28.8 Å². The molecule has 0 spiro atoms. The molecule has 0 unspecified atom stereocenters. The molecule has 0 aromatic heterocycles. The van der Waals surface area contributed by atoms with Crippen molar-refractivity contribution in [2.45, 2.75) is 6.92 Å². The van der Waals surface area contributed by atoms with E-state index in [9.17, 15) is 0 Å². The minimum Gasteiger partial charge on any atom is -0.383 e. The maximum atomic E-state index is 8.75. The van der Waals surface area contributed by atoms with Crippen molar-refractivity contribution >= 4 is 17.3 Å². The van der Waals surface area contributed by atoms with E-state index in [2.05, 4.69) is 17.9 Å². The number of nitriles is 1. The van der Waals surface area contributed by atoms with Gasteiger partial charge in [-0.1, -0.05) is 11.6 Å². The Hall–Kier alpha value is -1.24. The van der Waals surface area contributed by atoms with Gasteiger partial charge >= 0.3 is 0 Å². The van der Waals surface area contributed by atoms with Crippen molar-refractivity contribution in [1.82, 2.24) is 0 Å². The lowest BCUT2D eigenvalue weighted by atomic mass is 10.2.